The first-order valence-corrected chi connectivity index (χ1v) is 8.39. The Hall–Kier alpha value is -2.08. The molecule has 24 heavy (non-hydrogen) atoms. The van der Waals surface area contributed by atoms with Gasteiger partial charge in [0.25, 0.3) is 5.91 Å². The van der Waals surface area contributed by atoms with Crippen LogP contribution in [0, 0.1) is 0 Å². The average Bonchev–Trinajstić information content (AvgIpc) is 2.93. The molecule has 1 aliphatic heterocycles. The molecule has 6 nitrogen and oxygen atoms in total. The van der Waals surface area contributed by atoms with Crippen molar-refractivity contribution in [3.8, 4) is 5.75 Å². The number of halogens is 1. The molecule has 2 heterocycles. The highest BCUT2D eigenvalue weighted by molar-refractivity contribution is 6.32. The van der Waals surface area contributed by atoms with Gasteiger partial charge in [0.2, 0.25) is 0 Å². The smallest absolute Gasteiger partial charge is 0.273 e. The Bertz CT molecular complexity index is 751. The van der Waals surface area contributed by atoms with Crippen LogP contribution in [0.1, 0.15) is 55.7 Å². The maximum absolute atomic E-state index is 12.6. The molecule has 2 aromatic rings. The molecule has 1 aromatic heterocycles. The summed E-state index contributed by atoms with van der Waals surface area (Å²) in [6.45, 7) is 6.60. The molecule has 7 heteroatoms. The zero-order valence-corrected chi connectivity index (χ0v) is 14.8. The lowest BCUT2D eigenvalue weighted by molar-refractivity contribution is 0.0929. The van der Waals surface area contributed by atoms with Gasteiger partial charge in [-0.25, -0.2) is 4.68 Å². The summed E-state index contributed by atoms with van der Waals surface area (Å²) in [5, 5.41) is 11.6. The van der Waals surface area contributed by atoms with Crippen LogP contribution in [0.2, 0.25) is 5.02 Å². The van der Waals surface area contributed by atoms with E-state index in [2.05, 4.69) is 15.6 Å². The standard InChI is InChI=1S/C17H21ClN4O2/c1-17(2,3)22-10-14(20-21-22)16(23)19-13-8-5-9-24-15-11(13)6-4-7-12(15)18/h4,6-7,10,13H,5,8-9H2,1-3H3,(H,19,23). The molecule has 0 fully saturated rings. The molecular weight excluding hydrogens is 328 g/mol. The summed E-state index contributed by atoms with van der Waals surface area (Å²) in [7, 11) is 0. The second kappa shape index (κ2) is 6.43. The van der Waals surface area contributed by atoms with Crippen LogP contribution in [0.5, 0.6) is 5.75 Å². The number of carbonyl (C=O) groups is 1. The molecule has 1 amide bonds. The summed E-state index contributed by atoms with van der Waals surface area (Å²) in [4.78, 5) is 12.6. The van der Waals surface area contributed by atoms with Crippen LogP contribution < -0.4 is 10.1 Å². The summed E-state index contributed by atoms with van der Waals surface area (Å²) in [5.74, 6) is 0.406. The maximum Gasteiger partial charge on any atom is 0.273 e. The lowest BCUT2D eigenvalue weighted by Crippen LogP contribution is -2.29. The van der Waals surface area contributed by atoms with Crippen molar-refractivity contribution in [2.24, 2.45) is 0 Å². The molecule has 1 unspecified atom stereocenters. The number of hydrogen-bond acceptors (Lipinski definition) is 4. The van der Waals surface area contributed by atoms with Crippen molar-refractivity contribution in [3.05, 3.63) is 40.7 Å². The molecule has 1 aliphatic rings. The lowest BCUT2D eigenvalue weighted by atomic mass is 10.0. The summed E-state index contributed by atoms with van der Waals surface area (Å²) in [6, 6.07) is 5.43. The van der Waals surface area contributed by atoms with Gasteiger partial charge in [-0.15, -0.1) is 5.10 Å². The molecule has 0 saturated carbocycles. The van der Waals surface area contributed by atoms with E-state index in [0.717, 1.165) is 18.4 Å². The molecule has 1 atom stereocenters. The van der Waals surface area contributed by atoms with Crippen LogP contribution in [0.3, 0.4) is 0 Å². The molecular formula is C17H21ClN4O2. The van der Waals surface area contributed by atoms with Gasteiger partial charge in [-0.1, -0.05) is 28.9 Å². The Labute approximate surface area is 146 Å². The lowest BCUT2D eigenvalue weighted by Gasteiger charge is -2.18. The number of fused-ring (bicyclic) bond motifs is 1. The number of aromatic nitrogens is 3. The fourth-order valence-corrected chi connectivity index (χ4v) is 2.88. The van der Waals surface area contributed by atoms with Crippen LogP contribution >= 0.6 is 11.6 Å². The highest BCUT2D eigenvalue weighted by Crippen LogP contribution is 2.36. The number of rotatable bonds is 2. The van der Waals surface area contributed by atoms with Crippen molar-refractivity contribution in [1.82, 2.24) is 20.3 Å². The minimum atomic E-state index is -0.247. The van der Waals surface area contributed by atoms with Gasteiger partial charge in [0.05, 0.1) is 29.4 Å². The van der Waals surface area contributed by atoms with E-state index in [1.54, 1.807) is 16.9 Å². The monoisotopic (exact) mass is 348 g/mol. The second-order valence-electron chi connectivity index (χ2n) is 6.89. The molecule has 0 bridgehead atoms. The van der Waals surface area contributed by atoms with Gasteiger partial charge >= 0.3 is 0 Å². The van der Waals surface area contributed by atoms with E-state index in [1.807, 2.05) is 32.9 Å². The van der Waals surface area contributed by atoms with E-state index in [0.29, 0.717) is 23.1 Å². The third kappa shape index (κ3) is 3.38. The largest absolute Gasteiger partial charge is 0.492 e. The Morgan fingerprint density at radius 3 is 2.92 bits per heavy atom. The molecule has 0 radical (unpaired) electrons. The van der Waals surface area contributed by atoms with E-state index >= 15 is 0 Å². The van der Waals surface area contributed by atoms with Gasteiger partial charge in [0, 0.05) is 5.56 Å². The van der Waals surface area contributed by atoms with E-state index in [1.165, 1.54) is 0 Å². The number of ether oxygens (including phenoxy) is 1. The van der Waals surface area contributed by atoms with Crippen molar-refractivity contribution >= 4 is 17.5 Å². The Kier molecular flexibility index (Phi) is 4.49. The zero-order chi connectivity index (χ0) is 17.3. The average molecular weight is 349 g/mol. The molecule has 3 rings (SSSR count). The normalized spacial score (nSPS) is 17.6. The van der Waals surface area contributed by atoms with Crippen LogP contribution in [0.4, 0.5) is 0 Å². The Balaban J connectivity index is 1.82. The quantitative estimate of drug-likeness (QED) is 0.903. The van der Waals surface area contributed by atoms with Crippen LogP contribution in [0.25, 0.3) is 0 Å². The maximum atomic E-state index is 12.6. The van der Waals surface area contributed by atoms with Crippen LogP contribution in [-0.2, 0) is 5.54 Å². The first kappa shape index (κ1) is 16.8. The number of benzene rings is 1. The highest BCUT2D eigenvalue weighted by Gasteiger charge is 2.25. The van der Waals surface area contributed by atoms with Crippen molar-refractivity contribution in [2.45, 2.75) is 45.2 Å². The van der Waals surface area contributed by atoms with Crippen LogP contribution in [-0.4, -0.2) is 27.5 Å². The predicted octanol–water partition coefficient (Wildman–Crippen LogP) is 3.33. The summed E-state index contributed by atoms with van der Waals surface area (Å²) < 4.78 is 7.41. The Morgan fingerprint density at radius 1 is 1.42 bits per heavy atom. The molecule has 0 aliphatic carbocycles. The third-order valence-corrected chi connectivity index (χ3v) is 4.27. The highest BCUT2D eigenvalue weighted by atomic mass is 35.5. The minimum Gasteiger partial charge on any atom is -0.492 e. The van der Waals surface area contributed by atoms with Gasteiger partial charge < -0.3 is 10.1 Å². The SMILES string of the molecule is CC(C)(C)n1cc(C(=O)NC2CCCOc3c(Cl)cccc32)nn1. The van der Waals surface area contributed by atoms with Gasteiger partial charge in [-0.3, -0.25) is 4.79 Å². The first-order valence-electron chi connectivity index (χ1n) is 8.01. The van der Waals surface area contributed by atoms with Crippen molar-refractivity contribution in [3.63, 3.8) is 0 Å². The third-order valence-electron chi connectivity index (χ3n) is 3.98. The van der Waals surface area contributed by atoms with Gasteiger partial charge in [-0.2, -0.15) is 0 Å². The second-order valence-corrected chi connectivity index (χ2v) is 7.30. The Morgan fingerprint density at radius 2 is 2.21 bits per heavy atom. The number of nitrogens with zero attached hydrogens (tertiary/aromatic N) is 3. The van der Waals surface area contributed by atoms with E-state index in [9.17, 15) is 4.79 Å². The predicted molar refractivity (Wildman–Crippen MR) is 91.4 cm³/mol. The topological polar surface area (TPSA) is 69.0 Å². The fourth-order valence-electron chi connectivity index (χ4n) is 2.65. The summed E-state index contributed by atoms with van der Waals surface area (Å²) >= 11 is 6.22. The summed E-state index contributed by atoms with van der Waals surface area (Å²) in [6.07, 6.45) is 3.29. The van der Waals surface area contributed by atoms with Gasteiger partial charge in [-0.05, 0) is 39.7 Å². The molecule has 1 N–H and O–H groups in total. The van der Waals surface area contributed by atoms with E-state index in [-0.39, 0.29) is 17.5 Å². The van der Waals surface area contributed by atoms with E-state index in [4.69, 9.17) is 16.3 Å². The zero-order valence-electron chi connectivity index (χ0n) is 14.0. The summed E-state index contributed by atoms with van der Waals surface area (Å²) in [5.41, 5.74) is 0.983. The number of para-hydroxylation sites is 1. The van der Waals surface area contributed by atoms with Crippen molar-refractivity contribution in [2.75, 3.05) is 6.61 Å². The van der Waals surface area contributed by atoms with Gasteiger partial charge in [0.1, 0.15) is 5.75 Å². The number of nitrogens with one attached hydrogen (secondary N) is 1. The number of amides is 1. The van der Waals surface area contributed by atoms with Gasteiger partial charge in [0.15, 0.2) is 5.69 Å². The molecule has 0 saturated heterocycles. The fraction of sp³-hybridized carbons (Fsp3) is 0.471. The molecule has 0 spiro atoms. The molecule has 128 valence electrons. The molecule has 1 aromatic carbocycles. The number of carbonyl (C=O) groups excluding carboxylic acids is 1. The van der Waals surface area contributed by atoms with Crippen LogP contribution in [0.15, 0.2) is 24.4 Å². The van der Waals surface area contributed by atoms with E-state index < -0.39 is 0 Å². The van der Waals surface area contributed by atoms with Crippen molar-refractivity contribution in [1.29, 1.82) is 0 Å². The minimum absolute atomic E-state index is 0.159. The first-order chi connectivity index (χ1) is 11.4. The number of hydrogen-bond donors (Lipinski definition) is 1. The van der Waals surface area contributed by atoms with Crippen molar-refractivity contribution < 1.29 is 9.53 Å².